The third-order valence-corrected chi connectivity index (χ3v) is 6.95. The maximum atomic E-state index is 13.9. The van der Waals surface area contributed by atoms with Gasteiger partial charge in [0.15, 0.2) is 0 Å². The second-order valence-electron chi connectivity index (χ2n) is 9.88. The van der Waals surface area contributed by atoms with Crippen molar-refractivity contribution in [3.05, 3.63) is 76.7 Å². The highest BCUT2D eigenvalue weighted by atomic mass is 32.1. The van der Waals surface area contributed by atoms with Gasteiger partial charge in [-0.3, -0.25) is 9.78 Å². The number of fused-ring (bicyclic) bond motifs is 3. The Hall–Kier alpha value is -3.00. The summed E-state index contributed by atoms with van der Waals surface area (Å²) in [5, 5.41) is 29.4. The van der Waals surface area contributed by atoms with Crippen molar-refractivity contribution in [3.63, 3.8) is 0 Å². The predicted molar refractivity (Wildman–Crippen MR) is 146 cm³/mol. The zero-order valence-corrected chi connectivity index (χ0v) is 21.9. The summed E-state index contributed by atoms with van der Waals surface area (Å²) in [6.07, 6.45) is 3.27. The zero-order valence-electron chi connectivity index (χ0n) is 21.0. The lowest BCUT2D eigenvalue weighted by atomic mass is 9.86. The van der Waals surface area contributed by atoms with Crippen molar-refractivity contribution in [2.45, 2.75) is 69.0 Å². The molecule has 0 aliphatic heterocycles. The van der Waals surface area contributed by atoms with Gasteiger partial charge < -0.3 is 15.3 Å². The molecule has 1 aromatic heterocycles. The van der Waals surface area contributed by atoms with Crippen LogP contribution in [0.1, 0.15) is 61.4 Å². The SMILES string of the molecule is CC(C)c1nc2c(c(-c3ccc(F)cc3)c1/C=C/[C@@H](O)C[C@@H](O)CC(=O)O)CCCc1ccc(S)cc1-2. The number of aliphatic hydroxyl groups is 2. The molecule has 1 aliphatic carbocycles. The van der Waals surface area contributed by atoms with E-state index in [4.69, 9.17) is 10.1 Å². The number of hydrogen-bond donors (Lipinski definition) is 4. The molecule has 0 radical (unpaired) electrons. The molecule has 0 unspecified atom stereocenters. The first-order chi connectivity index (χ1) is 17.6. The summed E-state index contributed by atoms with van der Waals surface area (Å²) >= 11 is 4.58. The molecule has 0 bridgehead atoms. The monoisotopic (exact) mass is 521 g/mol. The van der Waals surface area contributed by atoms with Gasteiger partial charge in [-0.2, -0.15) is 0 Å². The topological polar surface area (TPSA) is 90.7 Å². The van der Waals surface area contributed by atoms with Crippen LogP contribution in [0.5, 0.6) is 0 Å². The lowest BCUT2D eigenvalue weighted by Crippen LogP contribution is -2.19. The fourth-order valence-electron chi connectivity index (χ4n) is 4.99. The normalized spacial score (nSPS) is 14.8. The minimum absolute atomic E-state index is 0.0461. The molecule has 3 aromatic rings. The van der Waals surface area contributed by atoms with Crippen LogP contribution in [0.15, 0.2) is 53.4 Å². The number of carbonyl (C=O) groups is 1. The minimum Gasteiger partial charge on any atom is -0.481 e. The van der Waals surface area contributed by atoms with Crippen LogP contribution < -0.4 is 0 Å². The molecule has 3 N–H and O–H groups in total. The second-order valence-corrected chi connectivity index (χ2v) is 10.4. The lowest BCUT2D eigenvalue weighted by molar-refractivity contribution is -0.139. The summed E-state index contributed by atoms with van der Waals surface area (Å²) in [5.74, 6) is -1.40. The first-order valence-electron chi connectivity index (χ1n) is 12.5. The van der Waals surface area contributed by atoms with Crippen molar-refractivity contribution in [3.8, 4) is 22.4 Å². The predicted octanol–water partition coefficient (Wildman–Crippen LogP) is 6.06. The number of carboxylic acids is 1. The van der Waals surface area contributed by atoms with Crippen LogP contribution in [0.3, 0.4) is 0 Å². The molecule has 7 heteroatoms. The van der Waals surface area contributed by atoms with Crippen LogP contribution in [-0.4, -0.2) is 38.5 Å². The summed E-state index contributed by atoms with van der Waals surface area (Å²) in [6, 6.07) is 12.6. The van der Waals surface area contributed by atoms with Crippen molar-refractivity contribution in [2.75, 3.05) is 0 Å². The van der Waals surface area contributed by atoms with E-state index in [0.29, 0.717) is 0 Å². The summed E-state index contributed by atoms with van der Waals surface area (Å²) in [6.45, 7) is 4.11. The first-order valence-corrected chi connectivity index (χ1v) is 13.0. The summed E-state index contributed by atoms with van der Waals surface area (Å²) in [5.41, 5.74) is 7.71. The highest BCUT2D eigenvalue weighted by molar-refractivity contribution is 7.80. The third-order valence-electron chi connectivity index (χ3n) is 6.68. The minimum atomic E-state index is -1.16. The van der Waals surface area contributed by atoms with E-state index >= 15 is 0 Å². The number of aliphatic carboxylic acids is 1. The molecule has 5 nitrogen and oxygen atoms in total. The van der Waals surface area contributed by atoms with E-state index < -0.39 is 24.6 Å². The zero-order chi connectivity index (χ0) is 26.7. The van der Waals surface area contributed by atoms with Gasteiger partial charge in [0.2, 0.25) is 0 Å². The maximum absolute atomic E-state index is 13.9. The number of thiol groups is 1. The van der Waals surface area contributed by atoms with Crippen LogP contribution in [0, 0.1) is 5.82 Å². The lowest BCUT2D eigenvalue weighted by Gasteiger charge is -2.22. The van der Waals surface area contributed by atoms with Crippen molar-refractivity contribution in [1.29, 1.82) is 0 Å². The maximum Gasteiger partial charge on any atom is 0.305 e. The van der Waals surface area contributed by atoms with Gasteiger partial charge in [0, 0.05) is 22.4 Å². The van der Waals surface area contributed by atoms with Crippen molar-refractivity contribution in [2.24, 2.45) is 0 Å². The van der Waals surface area contributed by atoms with Crippen LogP contribution in [0.25, 0.3) is 28.5 Å². The molecule has 1 heterocycles. The molecule has 0 saturated heterocycles. The van der Waals surface area contributed by atoms with E-state index in [0.717, 1.165) is 63.4 Å². The Labute approximate surface area is 222 Å². The van der Waals surface area contributed by atoms with E-state index in [1.807, 2.05) is 6.07 Å². The molecule has 0 fully saturated rings. The Morgan fingerprint density at radius 1 is 1.14 bits per heavy atom. The number of aryl methyl sites for hydroxylation is 1. The highest BCUT2D eigenvalue weighted by Crippen LogP contribution is 2.42. The standard InChI is InChI=1S/C30H32FNO4S/c1-17(2)29-25(13-11-21(33)14-22(34)15-27(35)36)28(19-6-9-20(31)10-7-19)24-5-3-4-18-8-12-23(37)16-26(18)30(24)32-29/h6-13,16-17,21-22,33-34,37H,3-5,14-15H2,1-2H3,(H,35,36)/b13-11+/t21-,22-/m1/s1. The number of pyridine rings is 1. The average molecular weight is 522 g/mol. The fourth-order valence-corrected chi connectivity index (χ4v) is 5.19. The van der Waals surface area contributed by atoms with Gasteiger partial charge in [-0.25, -0.2) is 4.39 Å². The molecule has 2 atom stereocenters. The van der Waals surface area contributed by atoms with Crippen LogP contribution >= 0.6 is 12.6 Å². The van der Waals surface area contributed by atoms with Gasteiger partial charge in [0.25, 0.3) is 0 Å². The summed E-state index contributed by atoms with van der Waals surface area (Å²) in [7, 11) is 0. The van der Waals surface area contributed by atoms with E-state index in [1.54, 1.807) is 24.3 Å². The molecule has 0 spiro atoms. The van der Waals surface area contributed by atoms with Gasteiger partial charge >= 0.3 is 5.97 Å². The van der Waals surface area contributed by atoms with E-state index in [9.17, 15) is 19.4 Å². The number of aromatic nitrogens is 1. The number of benzene rings is 2. The van der Waals surface area contributed by atoms with Gasteiger partial charge in [0.05, 0.1) is 30.0 Å². The Balaban J connectivity index is 1.92. The van der Waals surface area contributed by atoms with Crippen LogP contribution in [0.2, 0.25) is 0 Å². The highest BCUT2D eigenvalue weighted by Gasteiger charge is 2.25. The number of hydrogen-bond acceptors (Lipinski definition) is 5. The number of aliphatic hydroxyl groups excluding tert-OH is 2. The Bertz CT molecular complexity index is 1320. The smallest absolute Gasteiger partial charge is 0.305 e. The summed E-state index contributed by atoms with van der Waals surface area (Å²) < 4.78 is 13.9. The van der Waals surface area contributed by atoms with Crippen molar-refractivity contribution >= 4 is 24.7 Å². The van der Waals surface area contributed by atoms with E-state index in [-0.39, 0.29) is 18.2 Å². The molecule has 2 aromatic carbocycles. The largest absolute Gasteiger partial charge is 0.481 e. The number of halogens is 1. The molecular weight excluding hydrogens is 489 g/mol. The molecule has 0 amide bonds. The summed E-state index contributed by atoms with van der Waals surface area (Å²) in [4.78, 5) is 16.9. The first kappa shape index (κ1) is 27.0. The van der Waals surface area contributed by atoms with Crippen LogP contribution in [-0.2, 0) is 17.6 Å². The Morgan fingerprint density at radius 3 is 2.54 bits per heavy atom. The Kier molecular flexibility index (Phi) is 8.47. The van der Waals surface area contributed by atoms with Crippen molar-refractivity contribution in [1.82, 2.24) is 4.98 Å². The molecule has 0 saturated carbocycles. The quantitative estimate of drug-likeness (QED) is 0.271. The van der Waals surface area contributed by atoms with E-state index in [1.165, 1.54) is 17.7 Å². The average Bonchev–Trinajstić information content (AvgIpc) is 3.00. The van der Waals surface area contributed by atoms with Gasteiger partial charge in [0.1, 0.15) is 5.82 Å². The molecule has 1 aliphatic rings. The fraction of sp³-hybridized carbons (Fsp3) is 0.333. The van der Waals surface area contributed by atoms with E-state index in [2.05, 4.69) is 38.6 Å². The molecule has 37 heavy (non-hydrogen) atoms. The number of nitrogens with zero attached hydrogens (tertiary/aromatic N) is 1. The number of carboxylic acid groups (broad SMARTS) is 1. The van der Waals surface area contributed by atoms with Crippen LogP contribution in [0.4, 0.5) is 4.39 Å². The third kappa shape index (κ3) is 6.29. The van der Waals surface area contributed by atoms with Gasteiger partial charge in [-0.1, -0.05) is 44.2 Å². The second kappa shape index (κ2) is 11.6. The molecular formula is C30H32FNO4S. The molecule has 4 rings (SSSR count). The molecule has 194 valence electrons. The Morgan fingerprint density at radius 2 is 1.86 bits per heavy atom. The van der Waals surface area contributed by atoms with Gasteiger partial charge in [-0.15, -0.1) is 12.6 Å². The number of rotatable bonds is 8. The van der Waals surface area contributed by atoms with Crippen molar-refractivity contribution < 1.29 is 24.5 Å². The van der Waals surface area contributed by atoms with Gasteiger partial charge in [-0.05, 0) is 71.7 Å².